The normalized spacial score (nSPS) is 33.2. The Hall–Kier alpha value is -0.120. The van der Waals surface area contributed by atoms with Gasteiger partial charge >= 0.3 is 0 Å². The maximum atomic E-state index is 9.86. The predicted octanol–water partition coefficient (Wildman–Crippen LogP) is 1.56. The highest BCUT2D eigenvalue weighted by molar-refractivity contribution is 4.85. The summed E-state index contributed by atoms with van der Waals surface area (Å²) in [6.07, 6.45) is 3.43. The lowest BCUT2D eigenvalue weighted by atomic mass is 10.0. The second-order valence-corrected chi connectivity index (χ2v) is 6.72. The van der Waals surface area contributed by atoms with Crippen molar-refractivity contribution in [2.75, 3.05) is 32.7 Å². The van der Waals surface area contributed by atoms with Gasteiger partial charge in [-0.2, -0.15) is 0 Å². The summed E-state index contributed by atoms with van der Waals surface area (Å²) >= 11 is 0. The molecular formula is C14H28N2O. The third kappa shape index (κ3) is 3.43. The summed E-state index contributed by atoms with van der Waals surface area (Å²) in [5.41, 5.74) is 0.305. The van der Waals surface area contributed by atoms with E-state index >= 15 is 0 Å². The minimum absolute atomic E-state index is 0.0318. The number of piperazine rings is 1. The van der Waals surface area contributed by atoms with Crippen LogP contribution in [-0.2, 0) is 0 Å². The van der Waals surface area contributed by atoms with Gasteiger partial charge in [-0.25, -0.2) is 0 Å². The molecule has 0 aromatic rings. The minimum Gasteiger partial charge on any atom is -0.393 e. The fourth-order valence-electron chi connectivity index (χ4n) is 3.16. The predicted molar refractivity (Wildman–Crippen MR) is 71.1 cm³/mol. The number of rotatable bonds is 2. The van der Waals surface area contributed by atoms with Crippen LogP contribution < -0.4 is 0 Å². The van der Waals surface area contributed by atoms with Crippen molar-refractivity contribution in [2.45, 2.75) is 51.7 Å². The van der Waals surface area contributed by atoms with Crippen LogP contribution in [0.4, 0.5) is 0 Å². The molecule has 1 heterocycles. The molecule has 3 heteroatoms. The van der Waals surface area contributed by atoms with Gasteiger partial charge in [-0.3, -0.25) is 4.90 Å². The SMILES string of the molecule is CC(C)(C)N1CCN(CC2CCCC2O)CC1. The Labute approximate surface area is 106 Å². The Kier molecular flexibility index (Phi) is 4.11. The van der Waals surface area contributed by atoms with Crippen LogP contribution in [0.2, 0.25) is 0 Å². The van der Waals surface area contributed by atoms with Crippen molar-refractivity contribution >= 4 is 0 Å². The van der Waals surface area contributed by atoms with Crippen LogP contribution in [0.3, 0.4) is 0 Å². The van der Waals surface area contributed by atoms with Crippen LogP contribution in [0.1, 0.15) is 40.0 Å². The first-order chi connectivity index (χ1) is 7.97. The third-order valence-corrected chi connectivity index (χ3v) is 4.43. The molecular weight excluding hydrogens is 212 g/mol. The molecule has 0 aromatic carbocycles. The Bertz CT molecular complexity index is 241. The van der Waals surface area contributed by atoms with Gasteiger partial charge in [-0.15, -0.1) is 0 Å². The van der Waals surface area contributed by atoms with E-state index in [1.54, 1.807) is 0 Å². The van der Waals surface area contributed by atoms with Crippen molar-refractivity contribution in [1.82, 2.24) is 9.80 Å². The van der Waals surface area contributed by atoms with Crippen LogP contribution in [-0.4, -0.2) is 59.3 Å². The standard InChI is InChI=1S/C14H28N2O/c1-14(2,3)16-9-7-15(8-10-16)11-12-5-4-6-13(12)17/h12-13,17H,4-11H2,1-3H3. The van der Waals surface area contributed by atoms with E-state index in [0.717, 1.165) is 13.0 Å². The van der Waals surface area contributed by atoms with Gasteiger partial charge in [0.1, 0.15) is 0 Å². The van der Waals surface area contributed by atoms with Gasteiger partial charge in [0.05, 0.1) is 6.10 Å². The molecule has 0 radical (unpaired) electrons. The topological polar surface area (TPSA) is 26.7 Å². The molecule has 2 aliphatic rings. The fourth-order valence-corrected chi connectivity index (χ4v) is 3.16. The van der Waals surface area contributed by atoms with Gasteiger partial charge in [0.2, 0.25) is 0 Å². The van der Waals surface area contributed by atoms with E-state index in [1.807, 2.05) is 0 Å². The lowest BCUT2D eigenvalue weighted by Gasteiger charge is -2.43. The molecule has 1 saturated carbocycles. The second kappa shape index (κ2) is 5.25. The molecule has 2 fully saturated rings. The first-order valence-corrected chi connectivity index (χ1v) is 7.12. The Morgan fingerprint density at radius 2 is 1.71 bits per heavy atom. The molecule has 100 valence electrons. The summed E-state index contributed by atoms with van der Waals surface area (Å²) in [6, 6.07) is 0. The number of aliphatic hydroxyl groups is 1. The second-order valence-electron chi connectivity index (χ2n) is 6.72. The first-order valence-electron chi connectivity index (χ1n) is 7.12. The van der Waals surface area contributed by atoms with Crippen LogP contribution >= 0.6 is 0 Å². The maximum absolute atomic E-state index is 9.86. The largest absolute Gasteiger partial charge is 0.393 e. The van der Waals surface area contributed by atoms with E-state index in [2.05, 4.69) is 30.6 Å². The van der Waals surface area contributed by atoms with E-state index < -0.39 is 0 Å². The van der Waals surface area contributed by atoms with Gasteiger partial charge in [-0.05, 0) is 39.5 Å². The Morgan fingerprint density at radius 3 is 2.18 bits per heavy atom. The van der Waals surface area contributed by atoms with E-state index in [4.69, 9.17) is 0 Å². The summed E-state index contributed by atoms with van der Waals surface area (Å²) in [5, 5.41) is 9.86. The summed E-state index contributed by atoms with van der Waals surface area (Å²) in [6.45, 7) is 12.7. The lowest BCUT2D eigenvalue weighted by Crippen LogP contribution is -2.54. The lowest BCUT2D eigenvalue weighted by molar-refractivity contribution is 0.0397. The highest BCUT2D eigenvalue weighted by atomic mass is 16.3. The number of hydrogen-bond acceptors (Lipinski definition) is 3. The van der Waals surface area contributed by atoms with E-state index in [0.29, 0.717) is 11.5 Å². The Morgan fingerprint density at radius 1 is 1.06 bits per heavy atom. The average molecular weight is 240 g/mol. The van der Waals surface area contributed by atoms with Crippen molar-refractivity contribution < 1.29 is 5.11 Å². The van der Waals surface area contributed by atoms with Crippen molar-refractivity contribution in [3.63, 3.8) is 0 Å². The van der Waals surface area contributed by atoms with Crippen LogP contribution in [0.15, 0.2) is 0 Å². The summed E-state index contributed by atoms with van der Waals surface area (Å²) in [4.78, 5) is 5.11. The Balaban J connectivity index is 1.76. The summed E-state index contributed by atoms with van der Waals surface area (Å²) < 4.78 is 0. The van der Waals surface area contributed by atoms with Crippen molar-refractivity contribution in [3.05, 3.63) is 0 Å². The zero-order valence-electron chi connectivity index (χ0n) is 11.7. The van der Waals surface area contributed by atoms with Gasteiger partial charge < -0.3 is 10.0 Å². The molecule has 2 rings (SSSR count). The summed E-state index contributed by atoms with van der Waals surface area (Å²) in [7, 11) is 0. The number of hydrogen-bond donors (Lipinski definition) is 1. The highest BCUT2D eigenvalue weighted by Crippen LogP contribution is 2.27. The van der Waals surface area contributed by atoms with Crippen LogP contribution in [0.25, 0.3) is 0 Å². The molecule has 0 aromatic heterocycles. The fraction of sp³-hybridized carbons (Fsp3) is 1.00. The monoisotopic (exact) mass is 240 g/mol. The molecule has 1 saturated heterocycles. The first kappa shape index (κ1) is 13.3. The zero-order valence-corrected chi connectivity index (χ0v) is 11.7. The van der Waals surface area contributed by atoms with E-state index in [9.17, 15) is 5.11 Å². The molecule has 0 bridgehead atoms. The highest BCUT2D eigenvalue weighted by Gasteiger charge is 2.30. The van der Waals surface area contributed by atoms with Crippen molar-refractivity contribution in [2.24, 2.45) is 5.92 Å². The number of aliphatic hydroxyl groups excluding tert-OH is 1. The van der Waals surface area contributed by atoms with Gasteiger partial charge in [-0.1, -0.05) is 6.42 Å². The quantitative estimate of drug-likeness (QED) is 0.793. The molecule has 17 heavy (non-hydrogen) atoms. The van der Waals surface area contributed by atoms with Crippen LogP contribution in [0.5, 0.6) is 0 Å². The van der Waals surface area contributed by atoms with E-state index in [1.165, 1.54) is 39.0 Å². The number of nitrogens with zero attached hydrogens (tertiary/aromatic N) is 2. The van der Waals surface area contributed by atoms with Gasteiger partial charge in [0, 0.05) is 38.3 Å². The van der Waals surface area contributed by atoms with Crippen molar-refractivity contribution in [3.8, 4) is 0 Å². The molecule has 0 amide bonds. The van der Waals surface area contributed by atoms with Gasteiger partial charge in [0.25, 0.3) is 0 Å². The molecule has 2 unspecified atom stereocenters. The molecule has 0 spiro atoms. The molecule has 1 aliphatic carbocycles. The summed E-state index contributed by atoms with van der Waals surface area (Å²) in [5.74, 6) is 0.538. The van der Waals surface area contributed by atoms with E-state index in [-0.39, 0.29) is 6.10 Å². The molecule has 3 nitrogen and oxygen atoms in total. The van der Waals surface area contributed by atoms with Crippen molar-refractivity contribution in [1.29, 1.82) is 0 Å². The zero-order chi connectivity index (χ0) is 12.5. The minimum atomic E-state index is -0.0318. The van der Waals surface area contributed by atoms with Gasteiger partial charge in [0.15, 0.2) is 0 Å². The smallest absolute Gasteiger partial charge is 0.0580 e. The maximum Gasteiger partial charge on any atom is 0.0580 e. The molecule has 1 aliphatic heterocycles. The molecule has 1 N–H and O–H groups in total. The average Bonchev–Trinajstić information content (AvgIpc) is 2.64. The third-order valence-electron chi connectivity index (χ3n) is 4.43. The molecule has 2 atom stereocenters. The van der Waals surface area contributed by atoms with Crippen LogP contribution in [0, 0.1) is 5.92 Å².